The van der Waals surface area contributed by atoms with Gasteiger partial charge < -0.3 is 15.9 Å². The Kier molecular flexibility index (Phi) is 5.62. The van der Waals surface area contributed by atoms with Crippen molar-refractivity contribution < 1.29 is 9.63 Å². The van der Waals surface area contributed by atoms with Crippen LogP contribution >= 0.6 is 12.2 Å². The molecule has 6 heteroatoms. The lowest BCUT2D eigenvalue weighted by Crippen LogP contribution is -2.36. The van der Waals surface area contributed by atoms with E-state index in [1.54, 1.807) is 0 Å². The normalized spacial score (nSPS) is 10.4. The highest BCUT2D eigenvalue weighted by atomic mass is 32.1. The number of carbonyl (C=O) groups excluding carboxylic acids is 1. The molecular weight excluding hydrogens is 298 g/mol. The zero-order chi connectivity index (χ0) is 15.8. The van der Waals surface area contributed by atoms with Crippen molar-refractivity contribution in [2.24, 2.45) is 10.9 Å². The van der Waals surface area contributed by atoms with Crippen LogP contribution in [0.4, 0.5) is 0 Å². The van der Waals surface area contributed by atoms with Gasteiger partial charge in [-0.05, 0) is 28.9 Å². The van der Waals surface area contributed by atoms with Crippen LogP contribution < -0.4 is 11.1 Å². The number of amides is 1. The first-order chi connectivity index (χ1) is 10.6. The number of nitrogens with two attached hydrogens (primary N) is 1. The summed E-state index contributed by atoms with van der Waals surface area (Å²) in [5.74, 6) is -0.441. The number of nitrogens with zero attached hydrogens (tertiary/aromatic N) is 1. The molecule has 5 nitrogen and oxygen atoms in total. The summed E-state index contributed by atoms with van der Waals surface area (Å²) >= 11 is 4.53. The molecule has 0 aliphatic heterocycles. The zero-order valence-corrected chi connectivity index (χ0v) is 12.5. The van der Waals surface area contributed by atoms with Gasteiger partial charge in [-0.2, -0.15) is 0 Å². The van der Waals surface area contributed by atoms with E-state index in [9.17, 15) is 4.79 Å². The van der Waals surface area contributed by atoms with E-state index in [1.807, 2.05) is 54.6 Å². The molecule has 1 amide bonds. The van der Waals surface area contributed by atoms with E-state index in [1.165, 1.54) is 6.21 Å². The minimum atomic E-state index is -0.441. The average molecular weight is 313 g/mol. The van der Waals surface area contributed by atoms with Crippen molar-refractivity contribution in [3.8, 4) is 11.1 Å². The fraction of sp³-hybridized carbons (Fsp3) is 0.0625. The van der Waals surface area contributed by atoms with Crippen LogP contribution in [0.15, 0.2) is 59.8 Å². The highest BCUT2D eigenvalue weighted by Crippen LogP contribution is 2.18. The number of benzene rings is 2. The molecule has 0 saturated heterocycles. The van der Waals surface area contributed by atoms with Gasteiger partial charge in [-0.15, -0.1) is 0 Å². The summed E-state index contributed by atoms with van der Waals surface area (Å²) in [5, 5.41) is 5.87. The monoisotopic (exact) mass is 313 g/mol. The Morgan fingerprint density at radius 3 is 2.41 bits per heavy atom. The van der Waals surface area contributed by atoms with Gasteiger partial charge in [0.05, 0.1) is 6.21 Å². The maximum atomic E-state index is 11.2. The van der Waals surface area contributed by atoms with Crippen molar-refractivity contribution in [2.75, 3.05) is 6.61 Å². The molecule has 112 valence electrons. The highest BCUT2D eigenvalue weighted by molar-refractivity contribution is 7.80. The third-order valence-corrected chi connectivity index (χ3v) is 2.85. The van der Waals surface area contributed by atoms with Crippen LogP contribution in [0.25, 0.3) is 11.1 Å². The van der Waals surface area contributed by atoms with Crippen LogP contribution in [0.3, 0.4) is 0 Å². The Labute approximate surface area is 133 Å². The number of hydrogen-bond acceptors (Lipinski definition) is 4. The average Bonchev–Trinajstić information content (AvgIpc) is 2.52. The second-order valence-electron chi connectivity index (χ2n) is 4.41. The highest BCUT2D eigenvalue weighted by Gasteiger charge is 2.01. The van der Waals surface area contributed by atoms with E-state index in [4.69, 9.17) is 10.6 Å². The van der Waals surface area contributed by atoms with Gasteiger partial charge in [0.1, 0.15) is 0 Å². The minimum absolute atomic E-state index is 0.0888. The number of carbonyl (C=O) groups is 1. The topological polar surface area (TPSA) is 76.7 Å². The molecule has 0 aliphatic rings. The number of oxime groups is 1. The van der Waals surface area contributed by atoms with Crippen LogP contribution in [-0.4, -0.2) is 23.8 Å². The van der Waals surface area contributed by atoms with Crippen molar-refractivity contribution in [1.29, 1.82) is 0 Å². The Balaban J connectivity index is 1.87. The predicted octanol–water partition coefficient (Wildman–Crippen LogP) is 2.06. The molecule has 0 unspecified atom stereocenters. The first-order valence-electron chi connectivity index (χ1n) is 6.55. The maximum absolute atomic E-state index is 11.2. The van der Waals surface area contributed by atoms with E-state index < -0.39 is 5.91 Å². The van der Waals surface area contributed by atoms with Crippen molar-refractivity contribution in [2.45, 2.75) is 0 Å². The maximum Gasteiger partial charge on any atom is 0.266 e. The molecule has 2 aromatic rings. The number of thiocarbonyl (C=S) groups is 1. The Bertz CT molecular complexity index is 670. The van der Waals surface area contributed by atoms with Crippen molar-refractivity contribution in [1.82, 2.24) is 5.32 Å². The third-order valence-electron chi connectivity index (χ3n) is 2.75. The smallest absolute Gasteiger partial charge is 0.266 e. The lowest BCUT2D eigenvalue weighted by atomic mass is 10.0. The quantitative estimate of drug-likeness (QED) is 0.503. The predicted molar refractivity (Wildman–Crippen MR) is 90.4 cm³/mol. The number of nitrogens with one attached hydrogen (secondary N) is 1. The van der Waals surface area contributed by atoms with Crippen molar-refractivity contribution >= 4 is 29.5 Å². The van der Waals surface area contributed by atoms with Crippen LogP contribution in [0.5, 0.6) is 0 Å². The molecule has 22 heavy (non-hydrogen) atoms. The third kappa shape index (κ3) is 4.99. The van der Waals surface area contributed by atoms with Gasteiger partial charge in [-0.25, -0.2) is 0 Å². The van der Waals surface area contributed by atoms with E-state index in [-0.39, 0.29) is 11.7 Å². The first kappa shape index (κ1) is 15.7. The van der Waals surface area contributed by atoms with Gasteiger partial charge in [0, 0.05) is 0 Å². The molecule has 0 fully saturated rings. The van der Waals surface area contributed by atoms with Crippen LogP contribution in [0, 0.1) is 0 Å². The van der Waals surface area contributed by atoms with E-state index in [2.05, 4.69) is 22.7 Å². The Morgan fingerprint density at radius 1 is 1.14 bits per heavy atom. The largest absolute Gasteiger partial charge is 0.386 e. The Hall–Kier alpha value is -2.73. The van der Waals surface area contributed by atoms with E-state index in [0.29, 0.717) is 0 Å². The molecule has 0 atom stereocenters. The molecule has 2 aromatic carbocycles. The van der Waals surface area contributed by atoms with Crippen molar-refractivity contribution in [3.05, 3.63) is 60.2 Å². The number of rotatable bonds is 5. The molecule has 2 rings (SSSR count). The van der Waals surface area contributed by atoms with Crippen LogP contribution in [0.1, 0.15) is 5.56 Å². The lowest BCUT2D eigenvalue weighted by Gasteiger charge is -2.02. The minimum Gasteiger partial charge on any atom is -0.386 e. The van der Waals surface area contributed by atoms with Gasteiger partial charge in [0.15, 0.2) is 11.7 Å². The van der Waals surface area contributed by atoms with Gasteiger partial charge in [-0.1, -0.05) is 59.8 Å². The molecule has 0 radical (unpaired) electrons. The van der Waals surface area contributed by atoms with E-state index >= 15 is 0 Å². The molecule has 0 saturated carbocycles. The van der Waals surface area contributed by atoms with Gasteiger partial charge in [0.25, 0.3) is 5.91 Å². The van der Waals surface area contributed by atoms with Gasteiger partial charge in [0.2, 0.25) is 0 Å². The molecule has 0 aliphatic carbocycles. The van der Waals surface area contributed by atoms with Crippen molar-refractivity contribution in [3.63, 3.8) is 0 Å². The van der Waals surface area contributed by atoms with Crippen LogP contribution in [0.2, 0.25) is 0 Å². The fourth-order valence-electron chi connectivity index (χ4n) is 1.76. The molecular formula is C16H15N3O2S. The molecule has 0 heterocycles. The first-order valence-corrected chi connectivity index (χ1v) is 6.96. The molecule has 0 spiro atoms. The molecule has 0 bridgehead atoms. The summed E-state index contributed by atoms with van der Waals surface area (Å²) in [6.07, 6.45) is 1.53. The second-order valence-corrected chi connectivity index (χ2v) is 4.85. The standard InChI is InChI=1S/C16H15N3O2S/c17-16(22)19-15(20)11-21-18-10-12-6-8-14(9-7-12)13-4-2-1-3-5-13/h1-10H,11H2,(H3,17,19,20,22)/b18-10+. The summed E-state index contributed by atoms with van der Waals surface area (Å²) in [6.45, 7) is -0.240. The summed E-state index contributed by atoms with van der Waals surface area (Å²) in [5.41, 5.74) is 8.30. The molecule has 3 N–H and O–H groups in total. The fourth-order valence-corrected chi connectivity index (χ4v) is 1.87. The molecule has 0 aromatic heterocycles. The lowest BCUT2D eigenvalue weighted by molar-refractivity contribution is -0.124. The van der Waals surface area contributed by atoms with Crippen LogP contribution in [-0.2, 0) is 9.63 Å². The van der Waals surface area contributed by atoms with Gasteiger partial charge >= 0.3 is 0 Å². The zero-order valence-electron chi connectivity index (χ0n) is 11.7. The second kappa shape index (κ2) is 7.90. The summed E-state index contributed by atoms with van der Waals surface area (Å²) in [6, 6.07) is 17.9. The summed E-state index contributed by atoms with van der Waals surface area (Å²) in [7, 11) is 0. The van der Waals surface area contributed by atoms with E-state index in [0.717, 1.165) is 16.7 Å². The summed E-state index contributed by atoms with van der Waals surface area (Å²) < 4.78 is 0. The SMILES string of the molecule is NC(=S)NC(=O)CO/N=C/c1ccc(-c2ccccc2)cc1. The van der Waals surface area contributed by atoms with Gasteiger partial charge in [-0.3, -0.25) is 4.79 Å². The number of hydrogen-bond donors (Lipinski definition) is 2. The summed E-state index contributed by atoms with van der Waals surface area (Å²) in [4.78, 5) is 16.0. The Morgan fingerprint density at radius 2 is 1.77 bits per heavy atom.